The molecule has 0 fully saturated rings. The van der Waals surface area contributed by atoms with E-state index in [1.165, 1.54) is 14.2 Å². The van der Waals surface area contributed by atoms with Gasteiger partial charge in [0.05, 0.1) is 21.3 Å². The van der Waals surface area contributed by atoms with Crippen molar-refractivity contribution in [1.29, 1.82) is 0 Å². The summed E-state index contributed by atoms with van der Waals surface area (Å²) in [6.07, 6.45) is 0. The van der Waals surface area contributed by atoms with Gasteiger partial charge >= 0.3 is 5.97 Å². The predicted octanol–water partition coefficient (Wildman–Crippen LogP) is 2.49. The van der Waals surface area contributed by atoms with Crippen LogP contribution in [0.4, 0.5) is 0 Å². The van der Waals surface area contributed by atoms with E-state index in [-0.39, 0.29) is 19.1 Å². The number of nitrogens with one attached hydrogen (secondary N) is 1. The number of hydrogen-bond acceptors (Lipinski definition) is 6. The van der Waals surface area contributed by atoms with E-state index in [2.05, 4.69) is 5.32 Å². The summed E-state index contributed by atoms with van der Waals surface area (Å²) < 4.78 is 20.8. The van der Waals surface area contributed by atoms with E-state index in [0.717, 1.165) is 11.1 Å². The average molecular weight is 373 g/mol. The van der Waals surface area contributed by atoms with E-state index in [1.807, 2.05) is 13.0 Å². The Kier molecular flexibility index (Phi) is 7.05. The number of carbonyl (C=O) groups excluding carboxylic acids is 2. The molecule has 0 bridgehead atoms. The van der Waals surface area contributed by atoms with Crippen molar-refractivity contribution in [2.24, 2.45) is 0 Å². The van der Waals surface area contributed by atoms with E-state index in [9.17, 15) is 9.59 Å². The Morgan fingerprint density at radius 3 is 2.33 bits per heavy atom. The second-order valence-corrected chi connectivity index (χ2v) is 5.71. The summed E-state index contributed by atoms with van der Waals surface area (Å²) in [6, 6.07) is 10.2. The SMILES string of the molecule is COc1cccc(C(=O)NCC(=O)OCc2cc(OC)c(OC)cc2C)c1. The smallest absolute Gasteiger partial charge is 0.325 e. The lowest BCUT2D eigenvalue weighted by Crippen LogP contribution is -2.30. The third-order valence-electron chi connectivity index (χ3n) is 3.96. The van der Waals surface area contributed by atoms with Crippen LogP contribution in [-0.2, 0) is 16.1 Å². The van der Waals surface area contributed by atoms with Crippen LogP contribution in [0, 0.1) is 6.92 Å². The number of methoxy groups -OCH3 is 3. The molecule has 2 aromatic rings. The molecule has 0 aliphatic heterocycles. The van der Waals surface area contributed by atoms with E-state index >= 15 is 0 Å². The van der Waals surface area contributed by atoms with Gasteiger partial charge in [0.15, 0.2) is 11.5 Å². The molecule has 144 valence electrons. The minimum Gasteiger partial charge on any atom is -0.497 e. The van der Waals surface area contributed by atoms with E-state index in [4.69, 9.17) is 18.9 Å². The van der Waals surface area contributed by atoms with Crippen LogP contribution in [0.25, 0.3) is 0 Å². The van der Waals surface area contributed by atoms with Gasteiger partial charge in [-0.1, -0.05) is 6.07 Å². The number of rotatable bonds is 8. The summed E-state index contributed by atoms with van der Waals surface area (Å²) in [4.78, 5) is 24.0. The second-order valence-electron chi connectivity index (χ2n) is 5.71. The highest BCUT2D eigenvalue weighted by Gasteiger charge is 2.12. The third-order valence-corrected chi connectivity index (χ3v) is 3.96. The standard InChI is InChI=1S/C20H23NO6/c1-13-8-17(25-3)18(26-4)10-15(13)12-27-19(22)11-21-20(23)14-6-5-7-16(9-14)24-2/h5-10H,11-12H2,1-4H3,(H,21,23). The van der Waals surface area contributed by atoms with Crippen LogP contribution in [-0.4, -0.2) is 39.8 Å². The lowest BCUT2D eigenvalue weighted by Gasteiger charge is -2.13. The van der Waals surface area contributed by atoms with Crippen LogP contribution < -0.4 is 19.5 Å². The maximum Gasteiger partial charge on any atom is 0.325 e. The number of amides is 1. The molecule has 0 aromatic heterocycles. The molecule has 7 heteroatoms. The summed E-state index contributed by atoms with van der Waals surface area (Å²) >= 11 is 0. The van der Waals surface area contributed by atoms with Crippen molar-refractivity contribution in [3.8, 4) is 17.2 Å². The fraction of sp³-hybridized carbons (Fsp3) is 0.300. The van der Waals surface area contributed by atoms with Gasteiger partial charge in [-0.05, 0) is 48.4 Å². The van der Waals surface area contributed by atoms with Crippen LogP contribution in [0.1, 0.15) is 21.5 Å². The Labute approximate surface area is 158 Å². The molecule has 1 amide bonds. The first-order valence-electron chi connectivity index (χ1n) is 8.27. The Hall–Kier alpha value is -3.22. The van der Waals surface area contributed by atoms with Crippen molar-refractivity contribution in [2.45, 2.75) is 13.5 Å². The summed E-state index contributed by atoms with van der Waals surface area (Å²) in [6.45, 7) is 1.72. The average Bonchev–Trinajstić information content (AvgIpc) is 2.70. The maximum atomic E-state index is 12.1. The first-order valence-corrected chi connectivity index (χ1v) is 8.27. The molecule has 7 nitrogen and oxygen atoms in total. The molecule has 0 aliphatic rings. The highest BCUT2D eigenvalue weighted by Crippen LogP contribution is 2.30. The van der Waals surface area contributed by atoms with Gasteiger partial charge < -0.3 is 24.3 Å². The minimum absolute atomic E-state index is 0.0695. The van der Waals surface area contributed by atoms with Gasteiger partial charge in [-0.3, -0.25) is 9.59 Å². The molecule has 2 aromatic carbocycles. The Bertz CT molecular complexity index is 818. The first kappa shape index (κ1) is 20.1. The van der Waals surface area contributed by atoms with Gasteiger partial charge in [0.25, 0.3) is 5.91 Å². The second kappa shape index (κ2) is 9.47. The van der Waals surface area contributed by atoms with Crippen molar-refractivity contribution in [2.75, 3.05) is 27.9 Å². The van der Waals surface area contributed by atoms with E-state index in [1.54, 1.807) is 37.4 Å². The van der Waals surface area contributed by atoms with Gasteiger partial charge in [0.2, 0.25) is 0 Å². The summed E-state index contributed by atoms with van der Waals surface area (Å²) in [5.41, 5.74) is 2.10. The Morgan fingerprint density at radius 2 is 1.67 bits per heavy atom. The topological polar surface area (TPSA) is 83.1 Å². The van der Waals surface area contributed by atoms with Gasteiger partial charge in [0, 0.05) is 5.56 Å². The number of hydrogen-bond donors (Lipinski definition) is 1. The molecular weight excluding hydrogens is 350 g/mol. The van der Waals surface area contributed by atoms with E-state index in [0.29, 0.717) is 22.8 Å². The summed E-state index contributed by atoms with van der Waals surface area (Å²) in [5.74, 6) is 0.804. The zero-order chi connectivity index (χ0) is 19.8. The molecule has 0 aliphatic carbocycles. The maximum absolute atomic E-state index is 12.1. The Balaban J connectivity index is 1.90. The lowest BCUT2D eigenvalue weighted by molar-refractivity contribution is -0.143. The van der Waals surface area contributed by atoms with Crippen LogP contribution in [0.2, 0.25) is 0 Å². The number of ether oxygens (including phenoxy) is 4. The molecule has 0 unspecified atom stereocenters. The van der Waals surface area contributed by atoms with Crippen LogP contribution in [0.5, 0.6) is 17.2 Å². The molecule has 0 radical (unpaired) electrons. The summed E-state index contributed by atoms with van der Waals surface area (Å²) in [5, 5.41) is 2.53. The molecule has 1 N–H and O–H groups in total. The molecule has 0 atom stereocenters. The highest BCUT2D eigenvalue weighted by molar-refractivity contribution is 5.96. The summed E-state index contributed by atoms with van der Waals surface area (Å²) in [7, 11) is 4.61. The fourth-order valence-electron chi connectivity index (χ4n) is 2.41. The van der Waals surface area contributed by atoms with Crippen molar-refractivity contribution in [3.63, 3.8) is 0 Å². The Morgan fingerprint density at radius 1 is 0.963 bits per heavy atom. The van der Waals surface area contributed by atoms with E-state index < -0.39 is 5.97 Å². The molecular formula is C20H23NO6. The molecule has 0 saturated heterocycles. The van der Waals surface area contributed by atoms with Gasteiger partial charge in [-0.15, -0.1) is 0 Å². The van der Waals surface area contributed by atoms with Gasteiger partial charge in [-0.25, -0.2) is 0 Å². The number of carbonyl (C=O) groups is 2. The predicted molar refractivity (Wildman–Crippen MR) is 99.4 cm³/mol. The number of benzene rings is 2. The van der Waals surface area contributed by atoms with Crippen molar-refractivity contribution >= 4 is 11.9 Å². The van der Waals surface area contributed by atoms with Crippen LogP contribution in [0.15, 0.2) is 36.4 Å². The zero-order valence-corrected chi connectivity index (χ0v) is 15.8. The number of aryl methyl sites for hydroxylation is 1. The lowest BCUT2D eigenvalue weighted by atomic mass is 10.1. The molecule has 2 rings (SSSR count). The van der Waals surface area contributed by atoms with Gasteiger partial charge in [-0.2, -0.15) is 0 Å². The third kappa shape index (κ3) is 5.37. The number of esters is 1. The van der Waals surface area contributed by atoms with Crippen LogP contribution in [0.3, 0.4) is 0 Å². The molecule has 27 heavy (non-hydrogen) atoms. The van der Waals surface area contributed by atoms with Crippen molar-refractivity contribution in [3.05, 3.63) is 53.1 Å². The minimum atomic E-state index is -0.541. The fourth-order valence-corrected chi connectivity index (χ4v) is 2.41. The largest absolute Gasteiger partial charge is 0.497 e. The van der Waals surface area contributed by atoms with Crippen molar-refractivity contribution in [1.82, 2.24) is 5.32 Å². The van der Waals surface area contributed by atoms with Gasteiger partial charge in [0.1, 0.15) is 18.9 Å². The van der Waals surface area contributed by atoms with Crippen molar-refractivity contribution < 1.29 is 28.5 Å². The molecule has 0 spiro atoms. The van der Waals surface area contributed by atoms with Crippen LogP contribution >= 0.6 is 0 Å². The molecule has 0 heterocycles. The molecule has 0 saturated carbocycles. The first-order chi connectivity index (χ1) is 13.0. The monoisotopic (exact) mass is 373 g/mol. The quantitative estimate of drug-likeness (QED) is 0.716. The zero-order valence-electron chi connectivity index (χ0n) is 15.8. The highest BCUT2D eigenvalue weighted by atomic mass is 16.5. The normalized spacial score (nSPS) is 10.1.